The molecule has 160 valence electrons. The summed E-state index contributed by atoms with van der Waals surface area (Å²) >= 11 is 3.30. The molecule has 1 fully saturated rings. The standard InChI is InChI=1S/C23H15BrN2O6/c1-31-22(29)14-7-5-13(6-8-14)19-10-9-17(32-19)12-18-20(27)25-23(30)26(21(18)28)16-4-2-3-15(24)11-16/h2-12H,1H3,(H,25,27,30). The number of urea groups is 1. The molecule has 4 rings (SSSR count). The number of barbiturate groups is 1. The highest BCUT2D eigenvalue weighted by atomic mass is 79.9. The maximum absolute atomic E-state index is 12.9. The van der Waals surface area contributed by atoms with Crippen molar-refractivity contribution >= 4 is 51.5 Å². The summed E-state index contributed by atoms with van der Waals surface area (Å²) in [5, 5.41) is 2.17. The van der Waals surface area contributed by atoms with Crippen LogP contribution in [0, 0.1) is 0 Å². The summed E-state index contributed by atoms with van der Waals surface area (Å²) in [5.74, 6) is -1.31. The van der Waals surface area contributed by atoms with Gasteiger partial charge in [0, 0.05) is 10.0 Å². The number of imide groups is 2. The highest BCUT2D eigenvalue weighted by Gasteiger charge is 2.37. The lowest BCUT2D eigenvalue weighted by molar-refractivity contribution is -0.122. The molecule has 0 bridgehead atoms. The molecule has 0 unspecified atom stereocenters. The van der Waals surface area contributed by atoms with E-state index in [4.69, 9.17) is 4.42 Å². The van der Waals surface area contributed by atoms with Gasteiger partial charge in [-0.25, -0.2) is 14.5 Å². The fraction of sp³-hybridized carbons (Fsp3) is 0.0435. The first-order chi connectivity index (χ1) is 15.4. The lowest BCUT2D eigenvalue weighted by Gasteiger charge is -2.26. The molecule has 2 aromatic carbocycles. The molecular formula is C23H15BrN2O6. The zero-order chi connectivity index (χ0) is 22.8. The van der Waals surface area contributed by atoms with Crippen LogP contribution in [0.2, 0.25) is 0 Å². The second-order valence-corrected chi connectivity index (χ2v) is 7.62. The maximum atomic E-state index is 12.9. The Labute approximate surface area is 190 Å². The average Bonchev–Trinajstić information content (AvgIpc) is 3.25. The van der Waals surface area contributed by atoms with E-state index in [0.29, 0.717) is 27.0 Å². The number of nitrogens with zero attached hydrogens (tertiary/aromatic N) is 1. The van der Waals surface area contributed by atoms with Crippen LogP contribution in [-0.4, -0.2) is 30.9 Å². The fourth-order valence-electron chi connectivity index (χ4n) is 3.12. The molecule has 1 N–H and O–H groups in total. The van der Waals surface area contributed by atoms with Crippen molar-refractivity contribution in [2.45, 2.75) is 0 Å². The lowest BCUT2D eigenvalue weighted by atomic mass is 10.1. The summed E-state index contributed by atoms with van der Waals surface area (Å²) in [5.41, 5.74) is 1.15. The van der Waals surface area contributed by atoms with Gasteiger partial charge in [-0.3, -0.25) is 14.9 Å². The number of halogens is 1. The van der Waals surface area contributed by atoms with Crippen LogP contribution in [0.25, 0.3) is 17.4 Å². The number of furan rings is 1. The second kappa shape index (κ2) is 8.64. The van der Waals surface area contributed by atoms with E-state index in [9.17, 15) is 19.2 Å². The maximum Gasteiger partial charge on any atom is 0.337 e. The van der Waals surface area contributed by atoms with Crippen LogP contribution in [0.1, 0.15) is 16.1 Å². The van der Waals surface area contributed by atoms with Gasteiger partial charge in [-0.2, -0.15) is 0 Å². The Hall–Kier alpha value is -3.98. The van der Waals surface area contributed by atoms with E-state index in [1.807, 2.05) is 0 Å². The smallest absolute Gasteiger partial charge is 0.337 e. The highest BCUT2D eigenvalue weighted by Crippen LogP contribution is 2.27. The number of carbonyl (C=O) groups excluding carboxylic acids is 4. The molecule has 32 heavy (non-hydrogen) atoms. The first-order valence-electron chi connectivity index (χ1n) is 9.33. The van der Waals surface area contributed by atoms with Gasteiger partial charge in [0.15, 0.2) is 0 Å². The van der Waals surface area contributed by atoms with Crippen LogP contribution in [0.3, 0.4) is 0 Å². The Morgan fingerprint density at radius 3 is 2.50 bits per heavy atom. The molecule has 0 spiro atoms. The number of ether oxygens (including phenoxy) is 1. The van der Waals surface area contributed by atoms with Crippen molar-refractivity contribution in [1.82, 2.24) is 5.32 Å². The zero-order valence-electron chi connectivity index (χ0n) is 16.6. The summed E-state index contributed by atoms with van der Waals surface area (Å²) < 4.78 is 11.1. The topological polar surface area (TPSA) is 106 Å². The summed E-state index contributed by atoms with van der Waals surface area (Å²) in [7, 11) is 1.30. The van der Waals surface area contributed by atoms with E-state index in [0.717, 1.165) is 4.90 Å². The number of amides is 4. The van der Waals surface area contributed by atoms with Crippen molar-refractivity contribution in [2.24, 2.45) is 0 Å². The Morgan fingerprint density at radius 1 is 1.06 bits per heavy atom. The van der Waals surface area contributed by atoms with Crippen molar-refractivity contribution in [3.05, 3.63) is 82.0 Å². The van der Waals surface area contributed by atoms with Gasteiger partial charge < -0.3 is 9.15 Å². The van der Waals surface area contributed by atoms with Crippen LogP contribution >= 0.6 is 15.9 Å². The number of rotatable bonds is 4. The number of hydrogen-bond acceptors (Lipinski definition) is 6. The molecule has 9 heteroatoms. The van der Waals surface area contributed by atoms with Crippen LogP contribution in [0.5, 0.6) is 0 Å². The number of methoxy groups -OCH3 is 1. The van der Waals surface area contributed by atoms with Crippen molar-refractivity contribution in [3.8, 4) is 11.3 Å². The molecule has 1 aliphatic rings. The van der Waals surface area contributed by atoms with E-state index in [2.05, 4.69) is 26.0 Å². The average molecular weight is 495 g/mol. The third kappa shape index (κ3) is 4.10. The predicted octanol–water partition coefficient (Wildman–Crippen LogP) is 4.16. The number of nitrogens with one attached hydrogen (secondary N) is 1. The number of carbonyl (C=O) groups is 4. The van der Waals surface area contributed by atoms with Gasteiger partial charge in [-0.05, 0) is 48.5 Å². The van der Waals surface area contributed by atoms with E-state index in [1.54, 1.807) is 60.7 Å². The first-order valence-corrected chi connectivity index (χ1v) is 10.1. The van der Waals surface area contributed by atoms with Crippen LogP contribution in [0.15, 0.2) is 75.1 Å². The fourth-order valence-corrected chi connectivity index (χ4v) is 3.51. The van der Waals surface area contributed by atoms with Crippen molar-refractivity contribution in [2.75, 3.05) is 12.0 Å². The van der Waals surface area contributed by atoms with E-state index in [-0.39, 0.29) is 11.3 Å². The van der Waals surface area contributed by atoms with Crippen LogP contribution in [-0.2, 0) is 14.3 Å². The minimum atomic E-state index is -0.832. The number of anilines is 1. The third-order valence-corrected chi connectivity index (χ3v) is 5.17. The Balaban J connectivity index is 1.62. The van der Waals surface area contributed by atoms with Gasteiger partial charge >= 0.3 is 12.0 Å². The van der Waals surface area contributed by atoms with Crippen molar-refractivity contribution < 1.29 is 28.3 Å². The molecule has 0 radical (unpaired) electrons. The van der Waals surface area contributed by atoms with Crippen LogP contribution < -0.4 is 10.2 Å². The van der Waals surface area contributed by atoms with Crippen LogP contribution in [0.4, 0.5) is 10.5 Å². The molecule has 8 nitrogen and oxygen atoms in total. The molecule has 1 saturated heterocycles. The molecule has 0 saturated carbocycles. The van der Waals surface area contributed by atoms with E-state index < -0.39 is 23.8 Å². The minimum Gasteiger partial charge on any atom is -0.465 e. The number of benzene rings is 2. The van der Waals surface area contributed by atoms with Gasteiger partial charge in [0.2, 0.25) is 0 Å². The molecule has 1 aromatic heterocycles. The van der Waals surface area contributed by atoms with Gasteiger partial charge in [-0.1, -0.05) is 34.1 Å². The van der Waals surface area contributed by atoms with Crippen molar-refractivity contribution in [3.63, 3.8) is 0 Å². The molecule has 0 aliphatic carbocycles. The van der Waals surface area contributed by atoms with E-state index in [1.165, 1.54) is 13.2 Å². The lowest BCUT2D eigenvalue weighted by Crippen LogP contribution is -2.54. The SMILES string of the molecule is COC(=O)c1ccc(-c2ccc(C=C3C(=O)NC(=O)N(c4cccc(Br)c4)C3=O)o2)cc1. The van der Waals surface area contributed by atoms with Crippen molar-refractivity contribution in [1.29, 1.82) is 0 Å². The Bertz CT molecular complexity index is 1280. The van der Waals surface area contributed by atoms with Gasteiger partial charge in [0.25, 0.3) is 11.8 Å². The number of hydrogen-bond donors (Lipinski definition) is 1. The molecule has 1 aliphatic heterocycles. The van der Waals surface area contributed by atoms with E-state index >= 15 is 0 Å². The molecule has 4 amide bonds. The zero-order valence-corrected chi connectivity index (χ0v) is 18.2. The van der Waals surface area contributed by atoms with Gasteiger partial charge in [-0.15, -0.1) is 0 Å². The minimum absolute atomic E-state index is 0.244. The first kappa shape index (κ1) is 21.3. The van der Waals surface area contributed by atoms with Gasteiger partial charge in [0.05, 0.1) is 18.4 Å². The molecule has 2 heterocycles. The molecule has 3 aromatic rings. The second-order valence-electron chi connectivity index (χ2n) is 6.71. The monoisotopic (exact) mass is 494 g/mol. The summed E-state index contributed by atoms with van der Waals surface area (Å²) in [6, 6.07) is 15.6. The summed E-state index contributed by atoms with van der Waals surface area (Å²) in [6.07, 6.45) is 1.28. The molecule has 0 atom stereocenters. The summed E-state index contributed by atoms with van der Waals surface area (Å²) in [6.45, 7) is 0. The molecular weight excluding hydrogens is 480 g/mol. The highest BCUT2D eigenvalue weighted by molar-refractivity contribution is 9.10. The number of esters is 1. The quantitative estimate of drug-likeness (QED) is 0.331. The third-order valence-electron chi connectivity index (χ3n) is 4.67. The normalized spacial score (nSPS) is 15.1. The Kier molecular flexibility index (Phi) is 5.74. The summed E-state index contributed by atoms with van der Waals surface area (Å²) in [4.78, 5) is 50.0. The Morgan fingerprint density at radius 2 is 1.81 bits per heavy atom. The van der Waals surface area contributed by atoms with Gasteiger partial charge in [0.1, 0.15) is 17.1 Å². The largest absolute Gasteiger partial charge is 0.465 e. The predicted molar refractivity (Wildman–Crippen MR) is 119 cm³/mol.